The van der Waals surface area contributed by atoms with Crippen LogP contribution in [0.25, 0.3) is 0 Å². The standard InChI is InChI=1S/C19H23NO2/c1-3-20(4-2)17-12-10-15(11-13-17)14-18(21)19(22)16-8-6-5-7-9-16/h5-13,19,22H,3-4,14H2,1-2H3. The molecule has 0 aromatic heterocycles. The third kappa shape index (κ3) is 3.95. The average Bonchev–Trinajstić information content (AvgIpc) is 2.57. The molecule has 2 rings (SSSR count). The quantitative estimate of drug-likeness (QED) is 0.851. The molecule has 1 atom stereocenters. The van der Waals surface area contributed by atoms with E-state index < -0.39 is 6.10 Å². The predicted molar refractivity (Wildman–Crippen MR) is 90.1 cm³/mol. The Hall–Kier alpha value is -2.13. The molecule has 1 unspecified atom stereocenters. The Morgan fingerprint density at radius 1 is 1.00 bits per heavy atom. The minimum Gasteiger partial charge on any atom is -0.381 e. The van der Waals surface area contributed by atoms with Crippen molar-refractivity contribution < 1.29 is 9.90 Å². The van der Waals surface area contributed by atoms with Crippen LogP contribution in [-0.4, -0.2) is 24.0 Å². The fourth-order valence-corrected chi connectivity index (χ4v) is 2.53. The van der Waals surface area contributed by atoms with Crippen LogP contribution < -0.4 is 4.90 Å². The van der Waals surface area contributed by atoms with Crippen molar-refractivity contribution in [3.63, 3.8) is 0 Å². The van der Waals surface area contributed by atoms with E-state index >= 15 is 0 Å². The number of benzene rings is 2. The van der Waals surface area contributed by atoms with Gasteiger partial charge in [-0.05, 0) is 37.1 Å². The van der Waals surface area contributed by atoms with Gasteiger partial charge in [0.1, 0.15) is 6.10 Å². The van der Waals surface area contributed by atoms with Crippen LogP contribution in [0.2, 0.25) is 0 Å². The summed E-state index contributed by atoms with van der Waals surface area (Å²) in [5, 5.41) is 10.1. The molecule has 116 valence electrons. The van der Waals surface area contributed by atoms with Crippen LogP contribution >= 0.6 is 0 Å². The molecule has 22 heavy (non-hydrogen) atoms. The summed E-state index contributed by atoms with van der Waals surface area (Å²) in [6.45, 7) is 6.16. The molecule has 3 nitrogen and oxygen atoms in total. The van der Waals surface area contributed by atoms with Crippen LogP contribution in [0.1, 0.15) is 31.1 Å². The van der Waals surface area contributed by atoms with Crippen LogP contribution in [0.3, 0.4) is 0 Å². The number of ketones is 1. The summed E-state index contributed by atoms with van der Waals surface area (Å²) in [6.07, 6.45) is -0.808. The predicted octanol–water partition coefficient (Wildman–Crippen LogP) is 3.38. The van der Waals surface area contributed by atoms with Gasteiger partial charge in [0.15, 0.2) is 5.78 Å². The zero-order valence-corrected chi connectivity index (χ0v) is 13.2. The molecule has 2 aromatic rings. The van der Waals surface area contributed by atoms with Crippen molar-refractivity contribution in [1.29, 1.82) is 0 Å². The van der Waals surface area contributed by atoms with E-state index in [-0.39, 0.29) is 12.2 Å². The fourth-order valence-electron chi connectivity index (χ4n) is 2.53. The second-order valence-electron chi connectivity index (χ2n) is 5.30. The zero-order valence-electron chi connectivity index (χ0n) is 13.2. The summed E-state index contributed by atoms with van der Waals surface area (Å²) < 4.78 is 0. The van der Waals surface area contributed by atoms with Crippen LogP contribution in [-0.2, 0) is 11.2 Å². The highest BCUT2D eigenvalue weighted by Crippen LogP contribution is 2.18. The largest absolute Gasteiger partial charge is 0.381 e. The Kier molecular flexibility index (Phi) is 5.73. The molecular weight excluding hydrogens is 274 g/mol. The molecule has 3 heteroatoms. The summed E-state index contributed by atoms with van der Waals surface area (Å²) in [6, 6.07) is 17.0. The zero-order chi connectivity index (χ0) is 15.9. The molecule has 1 N–H and O–H groups in total. The average molecular weight is 297 g/mol. The SMILES string of the molecule is CCN(CC)c1ccc(CC(=O)C(O)c2ccccc2)cc1. The Morgan fingerprint density at radius 2 is 1.59 bits per heavy atom. The molecule has 0 spiro atoms. The van der Waals surface area contributed by atoms with E-state index in [0.717, 1.165) is 24.3 Å². The van der Waals surface area contributed by atoms with Gasteiger partial charge in [-0.3, -0.25) is 4.79 Å². The lowest BCUT2D eigenvalue weighted by molar-refractivity contribution is -0.126. The summed E-state index contributed by atoms with van der Waals surface area (Å²) in [7, 11) is 0. The summed E-state index contributed by atoms with van der Waals surface area (Å²) in [5.74, 6) is -0.179. The lowest BCUT2D eigenvalue weighted by Gasteiger charge is -2.21. The van der Waals surface area contributed by atoms with Crippen molar-refractivity contribution in [2.24, 2.45) is 0 Å². The summed E-state index contributed by atoms with van der Waals surface area (Å²) in [5.41, 5.74) is 2.73. The second-order valence-corrected chi connectivity index (χ2v) is 5.30. The van der Waals surface area contributed by atoms with Crippen LogP contribution in [0.4, 0.5) is 5.69 Å². The minimum atomic E-state index is -1.05. The number of rotatable bonds is 7. The van der Waals surface area contributed by atoms with Crippen LogP contribution in [0, 0.1) is 0 Å². The van der Waals surface area contributed by atoms with Crippen molar-refractivity contribution >= 4 is 11.5 Å². The number of carbonyl (C=O) groups excluding carboxylic acids is 1. The molecule has 0 aliphatic rings. The van der Waals surface area contributed by atoms with Gasteiger partial charge in [-0.25, -0.2) is 0 Å². The van der Waals surface area contributed by atoms with E-state index in [9.17, 15) is 9.90 Å². The fraction of sp³-hybridized carbons (Fsp3) is 0.316. The van der Waals surface area contributed by atoms with Crippen molar-refractivity contribution in [2.75, 3.05) is 18.0 Å². The second kappa shape index (κ2) is 7.76. The maximum absolute atomic E-state index is 12.2. The molecule has 0 heterocycles. The molecule has 0 radical (unpaired) electrons. The van der Waals surface area contributed by atoms with Crippen LogP contribution in [0.15, 0.2) is 54.6 Å². The van der Waals surface area contributed by atoms with Gasteiger partial charge in [0.05, 0.1) is 0 Å². The Bertz CT molecular complexity index is 589. The van der Waals surface area contributed by atoms with E-state index in [1.54, 1.807) is 12.1 Å². The maximum atomic E-state index is 12.2. The number of Topliss-reactive ketones (excluding diaryl/α,β-unsaturated/α-hetero) is 1. The van der Waals surface area contributed by atoms with Gasteiger partial charge < -0.3 is 10.0 Å². The van der Waals surface area contributed by atoms with Gasteiger partial charge in [-0.2, -0.15) is 0 Å². The number of aliphatic hydroxyl groups excluding tert-OH is 1. The first-order chi connectivity index (χ1) is 10.7. The van der Waals surface area contributed by atoms with Crippen molar-refractivity contribution in [3.8, 4) is 0 Å². The third-order valence-electron chi connectivity index (χ3n) is 3.86. The highest BCUT2D eigenvalue weighted by molar-refractivity contribution is 5.86. The van der Waals surface area contributed by atoms with Gasteiger partial charge in [0, 0.05) is 25.2 Å². The lowest BCUT2D eigenvalue weighted by atomic mass is 10.00. The molecule has 0 saturated heterocycles. The Balaban J connectivity index is 2.03. The highest BCUT2D eigenvalue weighted by Gasteiger charge is 2.17. The van der Waals surface area contributed by atoms with E-state index in [2.05, 4.69) is 18.7 Å². The van der Waals surface area contributed by atoms with Crippen molar-refractivity contribution in [3.05, 3.63) is 65.7 Å². The lowest BCUT2D eigenvalue weighted by Crippen LogP contribution is -2.21. The number of anilines is 1. The summed E-state index contributed by atoms with van der Waals surface area (Å²) in [4.78, 5) is 14.4. The first-order valence-electron chi connectivity index (χ1n) is 7.75. The van der Waals surface area contributed by atoms with Crippen LogP contribution in [0.5, 0.6) is 0 Å². The Labute approximate surface area is 132 Å². The van der Waals surface area contributed by atoms with E-state index in [4.69, 9.17) is 0 Å². The molecule has 2 aromatic carbocycles. The number of carbonyl (C=O) groups is 1. The van der Waals surface area contributed by atoms with Gasteiger partial charge in [-0.15, -0.1) is 0 Å². The molecule has 0 aliphatic heterocycles. The minimum absolute atomic E-state index is 0.179. The van der Waals surface area contributed by atoms with Crippen molar-refractivity contribution in [2.45, 2.75) is 26.4 Å². The van der Waals surface area contributed by atoms with Gasteiger partial charge in [0.25, 0.3) is 0 Å². The van der Waals surface area contributed by atoms with Gasteiger partial charge in [0.2, 0.25) is 0 Å². The maximum Gasteiger partial charge on any atom is 0.170 e. The summed E-state index contributed by atoms with van der Waals surface area (Å²) >= 11 is 0. The topological polar surface area (TPSA) is 40.5 Å². The third-order valence-corrected chi connectivity index (χ3v) is 3.86. The smallest absolute Gasteiger partial charge is 0.170 e. The first-order valence-corrected chi connectivity index (χ1v) is 7.75. The molecule has 0 amide bonds. The molecular formula is C19H23NO2. The number of nitrogens with zero attached hydrogens (tertiary/aromatic N) is 1. The number of hydrogen-bond donors (Lipinski definition) is 1. The van der Waals surface area contributed by atoms with Gasteiger partial charge >= 0.3 is 0 Å². The molecule has 0 saturated carbocycles. The van der Waals surface area contributed by atoms with Gasteiger partial charge in [-0.1, -0.05) is 42.5 Å². The van der Waals surface area contributed by atoms with E-state index in [0.29, 0.717) is 5.56 Å². The molecule has 0 bridgehead atoms. The normalized spacial score (nSPS) is 12.0. The highest BCUT2D eigenvalue weighted by atomic mass is 16.3. The van der Waals surface area contributed by atoms with Crippen molar-refractivity contribution in [1.82, 2.24) is 0 Å². The number of hydrogen-bond acceptors (Lipinski definition) is 3. The Morgan fingerprint density at radius 3 is 2.14 bits per heavy atom. The molecule has 0 aliphatic carbocycles. The first kappa shape index (κ1) is 16.2. The van der Waals surface area contributed by atoms with E-state index in [1.807, 2.05) is 42.5 Å². The number of aliphatic hydroxyl groups is 1. The van der Waals surface area contributed by atoms with E-state index in [1.165, 1.54) is 0 Å². The monoisotopic (exact) mass is 297 g/mol. The molecule has 0 fully saturated rings.